The molecule has 74 valence electrons. The first-order valence-electron chi connectivity index (χ1n) is 4.14. The molecule has 0 aliphatic heterocycles. The van der Waals surface area contributed by atoms with Gasteiger partial charge in [-0.05, 0) is 13.0 Å². The number of H-pyrrole nitrogens is 1. The SMILES string of the molecule is CC1(Br)Cc2nc[nH]c(=O)c2C=C1Cl. The molecular weight excluding hydrogens is 267 g/mol. The number of allylic oxidation sites excluding steroid dienone is 1. The Morgan fingerprint density at radius 2 is 2.43 bits per heavy atom. The van der Waals surface area contributed by atoms with Crippen LogP contribution in [0.5, 0.6) is 0 Å². The molecule has 0 aromatic carbocycles. The summed E-state index contributed by atoms with van der Waals surface area (Å²) >= 11 is 9.54. The molecule has 2 rings (SSSR count). The van der Waals surface area contributed by atoms with E-state index in [-0.39, 0.29) is 9.88 Å². The summed E-state index contributed by atoms with van der Waals surface area (Å²) in [5.41, 5.74) is 1.20. The van der Waals surface area contributed by atoms with Crippen molar-refractivity contribution >= 4 is 33.6 Å². The van der Waals surface area contributed by atoms with E-state index >= 15 is 0 Å². The van der Waals surface area contributed by atoms with Crippen LogP contribution in [-0.4, -0.2) is 14.3 Å². The highest BCUT2D eigenvalue weighted by molar-refractivity contribution is 9.10. The van der Waals surface area contributed by atoms with Crippen molar-refractivity contribution in [2.45, 2.75) is 17.7 Å². The lowest BCUT2D eigenvalue weighted by Crippen LogP contribution is -2.28. The molecular formula is C9H8BrClN2O. The van der Waals surface area contributed by atoms with Gasteiger partial charge < -0.3 is 4.98 Å². The van der Waals surface area contributed by atoms with Crippen LogP contribution >= 0.6 is 27.5 Å². The van der Waals surface area contributed by atoms with Crippen molar-refractivity contribution < 1.29 is 0 Å². The molecule has 1 aromatic rings. The predicted molar refractivity (Wildman–Crippen MR) is 59.7 cm³/mol. The van der Waals surface area contributed by atoms with Gasteiger partial charge in [-0.15, -0.1) is 0 Å². The maximum absolute atomic E-state index is 11.4. The predicted octanol–water partition coefficient (Wildman–Crippen LogP) is 2.06. The van der Waals surface area contributed by atoms with Crippen LogP contribution in [-0.2, 0) is 6.42 Å². The zero-order chi connectivity index (χ0) is 10.3. The Labute approximate surface area is 94.3 Å². The van der Waals surface area contributed by atoms with Crippen LogP contribution in [0.3, 0.4) is 0 Å². The third kappa shape index (κ3) is 1.53. The summed E-state index contributed by atoms with van der Waals surface area (Å²) < 4.78 is -0.303. The third-order valence-electron chi connectivity index (χ3n) is 2.24. The Kier molecular flexibility index (Phi) is 2.27. The fraction of sp³-hybridized carbons (Fsp3) is 0.333. The number of hydrogen-bond acceptors (Lipinski definition) is 2. The van der Waals surface area contributed by atoms with Crippen LogP contribution < -0.4 is 5.56 Å². The first-order valence-corrected chi connectivity index (χ1v) is 5.31. The van der Waals surface area contributed by atoms with Gasteiger partial charge in [0.2, 0.25) is 0 Å². The summed E-state index contributed by atoms with van der Waals surface area (Å²) in [6.07, 6.45) is 3.71. The molecule has 0 bridgehead atoms. The number of hydrogen-bond donors (Lipinski definition) is 1. The van der Waals surface area contributed by atoms with E-state index in [1.165, 1.54) is 6.33 Å². The van der Waals surface area contributed by atoms with E-state index in [4.69, 9.17) is 11.6 Å². The van der Waals surface area contributed by atoms with Gasteiger partial charge in [0.25, 0.3) is 5.56 Å². The lowest BCUT2D eigenvalue weighted by molar-refractivity contribution is 0.748. The fourth-order valence-corrected chi connectivity index (χ4v) is 1.97. The quantitative estimate of drug-likeness (QED) is 0.737. The molecule has 0 spiro atoms. The van der Waals surface area contributed by atoms with Crippen molar-refractivity contribution in [3.05, 3.63) is 33.0 Å². The van der Waals surface area contributed by atoms with E-state index in [0.717, 1.165) is 5.69 Å². The summed E-state index contributed by atoms with van der Waals surface area (Å²) in [5.74, 6) is 0. The van der Waals surface area contributed by atoms with Crippen LogP contribution in [0.25, 0.3) is 6.08 Å². The molecule has 1 atom stereocenters. The molecule has 1 aliphatic carbocycles. The Bertz CT molecular complexity index is 464. The molecule has 0 saturated carbocycles. The lowest BCUT2D eigenvalue weighted by Gasteiger charge is -2.25. The Balaban J connectivity index is 2.65. The molecule has 0 amide bonds. The molecule has 0 saturated heterocycles. The minimum absolute atomic E-state index is 0.142. The number of halogens is 2. The number of rotatable bonds is 0. The summed E-state index contributed by atoms with van der Waals surface area (Å²) in [4.78, 5) is 18.0. The second kappa shape index (κ2) is 3.21. The van der Waals surface area contributed by atoms with Gasteiger partial charge in [0.1, 0.15) is 0 Å². The summed E-state index contributed by atoms with van der Waals surface area (Å²) in [6, 6.07) is 0. The molecule has 1 aromatic heterocycles. The van der Waals surface area contributed by atoms with E-state index in [2.05, 4.69) is 25.9 Å². The molecule has 1 aliphatic rings. The zero-order valence-corrected chi connectivity index (χ0v) is 9.82. The maximum Gasteiger partial charge on any atom is 0.258 e. The summed E-state index contributed by atoms with van der Waals surface area (Å²) in [5, 5.41) is 0.628. The van der Waals surface area contributed by atoms with Crippen molar-refractivity contribution in [2.75, 3.05) is 0 Å². The van der Waals surface area contributed by atoms with Crippen molar-refractivity contribution in [1.82, 2.24) is 9.97 Å². The monoisotopic (exact) mass is 274 g/mol. The van der Waals surface area contributed by atoms with E-state index in [1.54, 1.807) is 6.08 Å². The van der Waals surface area contributed by atoms with Gasteiger partial charge >= 0.3 is 0 Å². The van der Waals surface area contributed by atoms with Gasteiger partial charge in [0.05, 0.1) is 21.9 Å². The number of alkyl halides is 1. The number of nitrogens with zero attached hydrogens (tertiary/aromatic N) is 1. The standard InChI is InChI=1S/C9H8BrClN2O/c1-9(10)3-6-5(2-7(9)11)8(14)13-4-12-6/h2,4H,3H2,1H3,(H,12,13,14). The van der Waals surface area contributed by atoms with E-state index in [9.17, 15) is 4.79 Å². The Morgan fingerprint density at radius 1 is 1.71 bits per heavy atom. The average molecular weight is 276 g/mol. The largest absolute Gasteiger partial charge is 0.313 e. The topological polar surface area (TPSA) is 45.8 Å². The minimum Gasteiger partial charge on any atom is -0.313 e. The normalized spacial score (nSPS) is 25.5. The molecule has 1 heterocycles. The zero-order valence-electron chi connectivity index (χ0n) is 7.47. The maximum atomic E-state index is 11.4. The van der Waals surface area contributed by atoms with Gasteiger partial charge in [0.15, 0.2) is 0 Å². The van der Waals surface area contributed by atoms with E-state index in [0.29, 0.717) is 17.0 Å². The van der Waals surface area contributed by atoms with Crippen LogP contribution in [0.1, 0.15) is 18.2 Å². The van der Waals surface area contributed by atoms with Gasteiger partial charge in [-0.2, -0.15) is 0 Å². The van der Waals surface area contributed by atoms with Gasteiger partial charge in [0, 0.05) is 11.5 Å². The minimum atomic E-state index is -0.303. The smallest absolute Gasteiger partial charge is 0.258 e. The van der Waals surface area contributed by atoms with Crippen LogP contribution in [0.4, 0.5) is 0 Å². The van der Waals surface area contributed by atoms with Gasteiger partial charge in [-0.3, -0.25) is 4.79 Å². The summed E-state index contributed by atoms with van der Waals surface area (Å²) in [6.45, 7) is 1.96. The number of aromatic amines is 1. The molecule has 1 N–H and O–H groups in total. The van der Waals surface area contributed by atoms with Crippen molar-refractivity contribution in [3.8, 4) is 0 Å². The fourth-order valence-electron chi connectivity index (χ4n) is 1.41. The molecule has 3 nitrogen and oxygen atoms in total. The average Bonchev–Trinajstić information content (AvgIpc) is 2.08. The molecule has 0 fully saturated rings. The van der Waals surface area contributed by atoms with Crippen molar-refractivity contribution in [3.63, 3.8) is 0 Å². The van der Waals surface area contributed by atoms with Crippen molar-refractivity contribution in [1.29, 1.82) is 0 Å². The van der Waals surface area contributed by atoms with E-state index in [1.807, 2.05) is 6.92 Å². The highest BCUT2D eigenvalue weighted by atomic mass is 79.9. The highest BCUT2D eigenvalue weighted by Gasteiger charge is 2.31. The van der Waals surface area contributed by atoms with Crippen LogP contribution in [0, 0.1) is 0 Å². The molecule has 5 heteroatoms. The third-order valence-corrected chi connectivity index (χ3v) is 3.70. The van der Waals surface area contributed by atoms with Crippen molar-refractivity contribution in [2.24, 2.45) is 0 Å². The number of fused-ring (bicyclic) bond motifs is 1. The molecule has 14 heavy (non-hydrogen) atoms. The Morgan fingerprint density at radius 3 is 3.14 bits per heavy atom. The number of aromatic nitrogens is 2. The van der Waals surface area contributed by atoms with Crippen LogP contribution in [0.2, 0.25) is 0 Å². The van der Waals surface area contributed by atoms with Crippen LogP contribution in [0.15, 0.2) is 16.2 Å². The molecule has 1 unspecified atom stereocenters. The summed E-state index contributed by atoms with van der Waals surface area (Å²) in [7, 11) is 0. The first kappa shape index (κ1) is 9.93. The van der Waals surface area contributed by atoms with Gasteiger partial charge in [-0.1, -0.05) is 27.5 Å². The number of nitrogens with one attached hydrogen (secondary N) is 1. The molecule has 0 radical (unpaired) electrons. The second-order valence-corrected chi connectivity index (χ2v) is 5.62. The van der Waals surface area contributed by atoms with E-state index < -0.39 is 0 Å². The van der Waals surface area contributed by atoms with Gasteiger partial charge in [-0.25, -0.2) is 4.98 Å². The second-order valence-electron chi connectivity index (χ2n) is 3.46. The first-order chi connectivity index (χ1) is 6.50. The Hall–Kier alpha value is -0.610. The lowest BCUT2D eigenvalue weighted by atomic mass is 9.95. The highest BCUT2D eigenvalue weighted by Crippen LogP contribution is 2.38.